The van der Waals surface area contributed by atoms with Crippen molar-refractivity contribution in [1.29, 1.82) is 0 Å². The van der Waals surface area contributed by atoms with Crippen molar-refractivity contribution in [2.45, 2.75) is 25.7 Å². The number of nitrogens with one attached hydrogen (secondary N) is 1. The van der Waals surface area contributed by atoms with Gasteiger partial charge in [-0.3, -0.25) is 4.79 Å². The fourth-order valence-electron chi connectivity index (χ4n) is 3.64. The highest BCUT2D eigenvalue weighted by Gasteiger charge is 2.27. The minimum Gasteiger partial charge on any atom is -0.398 e. The van der Waals surface area contributed by atoms with Gasteiger partial charge in [0.1, 0.15) is 11.6 Å². The highest BCUT2D eigenvalue weighted by atomic mass is 32.2. The fourth-order valence-corrected chi connectivity index (χ4v) is 4.55. The molecule has 0 bridgehead atoms. The number of hydrogen-bond acceptors (Lipinski definition) is 4. The van der Waals surface area contributed by atoms with E-state index in [0.29, 0.717) is 29.9 Å². The molecule has 9 heteroatoms. The number of carbonyl (C=O) groups excluding carboxylic acids is 1. The molecule has 1 unspecified atom stereocenters. The van der Waals surface area contributed by atoms with Crippen LogP contribution in [0.2, 0.25) is 0 Å². The Labute approximate surface area is 180 Å². The Kier molecular flexibility index (Phi) is 6.76. The van der Waals surface area contributed by atoms with E-state index in [-0.39, 0.29) is 11.6 Å². The van der Waals surface area contributed by atoms with Gasteiger partial charge in [-0.2, -0.15) is 0 Å². The molecule has 2 aromatic carbocycles. The van der Waals surface area contributed by atoms with Gasteiger partial charge >= 0.3 is 0 Å². The van der Waals surface area contributed by atoms with Gasteiger partial charge in [-0.15, -0.1) is 0 Å². The average Bonchev–Trinajstić information content (AvgIpc) is 2.68. The molecule has 0 aromatic heterocycles. The Morgan fingerprint density at radius 3 is 2.52 bits per heavy atom. The molecule has 2 aromatic rings. The van der Waals surface area contributed by atoms with E-state index in [1.165, 1.54) is 10.6 Å². The number of carbonyl (C=O) groups is 1. The number of amides is 1. The Hall–Kier alpha value is -2.78. The van der Waals surface area contributed by atoms with Crippen molar-refractivity contribution in [3.63, 3.8) is 0 Å². The van der Waals surface area contributed by atoms with Crippen LogP contribution in [-0.2, 0) is 14.8 Å². The fraction of sp³-hybridized carbons (Fsp3) is 0.318. The van der Waals surface area contributed by atoms with E-state index < -0.39 is 27.6 Å². The predicted octanol–water partition coefficient (Wildman–Crippen LogP) is 3.73. The lowest BCUT2D eigenvalue weighted by Crippen LogP contribution is -2.38. The van der Waals surface area contributed by atoms with Crippen LogP contribution in [0.3, 0.4) is 0 Å². The van der Waals surface area contributed by atoms with Crippen molar-refractivity contribution < 1.29 is 22.0 Å². The number of nitrogens with two attached hydrogens (primary N) is 1. The van der Waals surface area contributed by atoms with Gasteiger partial charge < -0.3 is 11.1 Å². The van der Waals surface area contributed by atoms with E-state index in [1.54, 1.807) is 19.1 Å². The molecule has 0 spiro atoms. The minimum atomic E-state index is -3.26. The van der Waals surface area contributed by atoms with Crippen LogP contribution >= 0.6 is 0 Å². The van der Waals surface area contributed by atoms with Crippen molar-refractivity contribution in [3.05, 3.63) is 64.7 Å². The van der Waals surface area contributed by atoms with E-state index in [9.17, 15) is 22.0 Å². The van der Waals surface area contributed by atoms with Gasteiger partial charge in [-0.05, 0) is 67.2 Å². The van der Waals surface area contributed by atoms with Gasteiger partial charge in [-0.1, -0.05) is 6.07 Å². The highest BCUT2D eigenvalue weighted by Crippen LogP contribution is 2.30. The lowest BCUT2D eigenvalue weighted by atomic mass is 9.90. The lowest BCUT2D eigenvalue weighted by molar-refractivity contribution is -0.112. The van der Waals surface area contributed by atoms with E-state index in [2.05, 4.69) is 5.32 Å². The van der Waals surface area contributed by atoms with Crippen LogP contribution in [0.4, 0.5) is 20.2 Å². The van der Waals surface area contributed by atoms with E-state index in [4.69, 9.17) is 5.73 Å². The highest BCUT2D eigenvalue weighted by molar-refractivity contribution is 7.88. The number of anilines is 2. The molecular formula is C22H25F2N3O3S. The molecule has 1 amide bonds. The zero-order valence-corrected chi connectivity index (χ0v) is 18.2. The van der Waals surface area contributed by atoms with E-state index in [1.807, 2.05) is 12.1 Å². The molecule has 0 saturated carbocycles. The molecule has 0 radical (unpaired) electrons. The third-order valence-corrected chi connectivity index (χ3v) is 6.56. The predicted molar refractivity (Wildman–Crippen MR) is 118 cm³/mol. The van der Waals surface area contributed by atoms with Crippen LogP contribution in [0, 0.1) is 11.6 Å². The molecular weight excluding hydrogens is 424 g/mol. The van der Waals surface area contributed by atoms with Gasteiger partial charge in [0, 0.05) is 36.1 Å². The molecule has 1 fully saturated rings. The molecule has 1 aliphatic heterocycles. The van der Waals surface area contributed by atoms with Crippen LogP contribution < -0.4 is 11.1 Å². The summed E-state index contributed by atoms with van der Waals surface area (Å²) in [7, 11) is -3.26. The maximum absolute atomic E-state index is 13.3. The summed E-state index contributed by atoms with van der Waals surface area (Å²) in [6.45, 7) is 2.48. The van der Waals surface area contributed by atoms with Crippen molar-refractivity contribution in [2.75, 3.05) is 30.4 Å². The van der Waals surface area contributed by atoms with Crippen molar-refractivity contribution in [2.24, 2.45) is 0 Å². The van der Waals surface area contributed by atoms with Gasteiger partial charge in [0.25, 0.3) is 5.91 Å². The standard InChI is InChI=1S/C22H25F2N3O3S/c1-14(22(28)26-20-11-18(23)10-19(24)12-20)8-17-9-15(5-6-21(17)25)16-4-3-7-27(13-16)31(2,29)30/h5-6,8-12,16H,3-4,7,13,25H2,1-2H3,(H,26,28)/b14-8+. The quantitative estimate of drug-likeness (QED) is 0.537. The minimum absolute atomic E-state index is 0.0139. The third-order valence-electron chi connectivity index (χ3n) is 5.29. The first-order chi connectivity index (χ1) is 14.5. The summed E-state index contributed by atoms with van der Waals surface area (Å²) < 4.78 is 52.0. The van der Waals surface area contributed by atoms with Crippen LogP contribution in [0.15, 0.2) is 42.0 Å². The molecule has 31 heavy (non-hydrogen) atoms. The normalized spacial score (nSPS) is 18.1. The van der Waals surface area contributed by atoms with Crippen molar-refractivity contribution >= 4 is 33.4 Å². The zero-order chi connectivity index (χ0) is 22.8. The SMILES string of the molecule is C/C(=C\c1cc(C2CCCN(S(C)(=O)=O)C2)ccc1N)C(=O)Nc1cc(F)cc(F)c1. The number of rotatable bonds is 5. The maximum atomic E-state index is 13.3. The summed E-state index contributed by atoms with van der Waals surface area (Å²) >= 11 is 0. The summed E-state index contributed by atoms with van der Waals surface area (Å²) in [6, 6.07) is 8.23. The Morgan fingerprint density at radius 1 is 1.19 bits per heavy atom. The number of hydrogen-bond donors (Lipinski definition) is 2. The average molecular weight is 450 g/mol. The second-order valence-electron chi connectivity index (χ2n) is 7.79. The molecule has 1 atom stereocenters. The van der Waals surface area contributed by atoms with Crippen molar-refractivity contribution in [3.8, 4) is 0 Å². The zero-order valence-electron chi connectivity index (χ0n) is 17.4. The largest absolute Gasteiger partial charge is 0.398 e. The number of piperidine rings is 1. The van der Waals surface area contributed by atoms with Crippen LogP contribution in [0.1, 0.15) is 36.8 Å². The second kappa shape index (κ2) is 9.15. The van der Waals surface area contributed by atoms with Crippen LogP contribution in [0.25, 0.3) is 6.08 Å². The molecule has 166 valence electrons. The first kappa shape index (κ1) is 22.9. The third kappa shape index (κ3) is 5.89. The van der Waals surface area contributed by atoms with Gasteiger partial charge in [-0.25, -0.2) is 21.5 Å². The number of nitrogens with zero attached hydrogens (tertiary/aromatic N) is 1. The summed E-state index contributed by atoms with van der Waals surface area (Å²) in [5.74, 6) is -2.06. The molecule has 6 nitrogen and oxygen atoms in total. The smallest absolute Gasteiger partial charge is 0.251 e. The number of nitrogen functional groups attached to an aromatic ring is 1. The summed E-state index contributed by atoms with van der Waals surface area (Å²) in [4.78, 5) is 12.5. The van der Waals surface area contributed by atoms with E-state index >= 15 is 0 Å². The van der Waals surface area contributed by atoms with Gasteiger partial charge in [0.2, 0.25) is 10.0 Å². The number of halogens is 2. The van der Waals surface area contributed by atoms with Crippen LogP contribution in [0.5, 0.6) is 0 Å². The molecule has 1 saturated heterocycles. The lowest BCUT2D eigenvalue weighted by Gasteiger charge is -2.31. The molecule has 1 aliphatic rings. The van der Waals surface area contributed by atoms with Gasteiger partial charge in [0.05, 0.1) is 6.26 Å². The Bertz CT molecular complexity index is 1110. The van der Waals surface area contributed by atoms with Gasteiger partial charge in [0.15, 0.2) is 0 Å². The first-order valence-corrected chi connectivity index (χ1v) is 11.7. The summed E-state index contributed by atoms with van der Waals surface area (Å²) in [5, 5.41) is 2.46. The van der Waals surface area contributed by atoms with Crippen molar-refractivity contribution in [1.82, 2.24) is 4.31 Å². The summed E-state index contributed by atoms with van der Waals surface area (Å²) in [5.41, 5.74) is 8.41. The first-order valence-electron chi connectivity index (χ1n) is 9.83. The molecule has 3 N–H and O–H groups in total. The monoisotopic (exact) mass is 449 g/mol. The molecule has 0 aliphatic carbocycles. The molecule has 3 rings (SSSR count). The number of benzene rings is 2. The van der Waals surface area contributed by atoms with Crippen LogP contribution in [-0.4, -0.2) is 38.0 Å². The Morgan fingerprint density at radius 2 is 1.87 bits per heavy atom. The second-order valence-corrected chi connectivity index (χ2v) is 9.77. The molecule has 1 heterocycles. The Balaban J connectivity index is 1.80. The topological polar surface area (TPSA) is 92.5 Å². The maximum Gasteiger partial charge on any atom is 0.251 e. The number of sulfonamides is 1. The summed E-state index contributed by atoms with van der Waals surface area (Å²) in [6.07, 6.45) is 4.42. The van der Waals surface area contributed by atoms with E-state index in [0.717, 1.165) is 36.6 Å².